The van der Waals surface area contributed by atoms with Gasteiger partial charge >= 0.3 is 11.3 Å². The summed E-state index contributed by atoms with van der Waals surface area (Å²) in [6.45, 7) is 1.30. The number of thiocarbonyl (C=S) groups is 1. The molecular weight excluding hydrogens is 490 g/mol. The van der Waals surface area contributed by atoms with Crippen molar-refractivity contribution in [3.63, 3.8) is 0 Å². The SMILES string of the molecule is COc1cccc2c1[C@@H]([C@@H]1OC(=S)O[C@H]1COCc1ccccc1)N(C(=O)OCc1ccccc1)CC2. The lowest BCUT2D eigenvalue weighted by molar-refractivity contribution is -0.0124. The summed E-state index contributed by atoms with van der Waals surface area (Å²) in [4.78, 5) is 15.1. The molecule has 0 radical (unpaired) electrons. The molecule has 2 heterocycles. The maximum absolute atomic E-state index is 13.4. The minimum absolute atomic E-state index is 0.0398. The maximum Gasteiger partial charge on any atom is 0.410 e. The molecule has 1 amide bonds. The van der Waals surface area contributed by atoms with E-state index in [-0.39, 0.29) is 18.5 Å². The van der Waals surface area contributed by atoms with E-state index in [0.29, 0.717) is 25.3 Å². The Labute approximate surface area is 221 Å². The molecular formula is C29H29NO6S. The van der Waals surface area contributed by atoms with E-state index in [0.717, 1.165) is 22.3 Å². The van der Waals surface area contributed by atoms with Crippen LogP contribution in [-0.4, -0.2) is 48.7 Å². The second kappa shape index (κ2) is 11.6. The van der Waals surface area contributed by atoms with Crippen LogP contribution < -0.4 is 4.74 Å². The molecule has 3 aromatic carbocycles. The van der Waals surface area contributed by atoms with Gasteiger partial charge in [0.05, 0.1) is 20.3 Å². The van der Waals surface area contributed by atoms with Gasteiger partial charge in [0.1, 0.15) is 18.4 Å². The zero-order valence-corrected chi connectivity index (χ0v) is 21.4. The molecule has 3 aromatic rings. The largest absolute Gasteiger partial charge is 0.496 e. The van der Waals surface area contributed by atoms with E-state index in [1.165, 1.54) is 0 Å². The van der Waals surface area contributed by atoms with Gasteiger partial charge in [0.25, 0.3) is 0 Å². The molecule has 0 N–H and O–H groups in total. The number of methoxy groups -OCH3 is 1. The van der Waals surface area contributed by atoms with Gasteiger partial charge in [-0.25, -0.2) is 4.79 Å². The second-order valence-corrected chi connectivity index (χ2v) is 9.28. The van der Waals surface area contributed by atoms with Gasteiger partial charge in [-0.15, -0.1) is 0 Å². The van der Waals surface area contributed by atoms with Gasteiger partial charge in [0.2, 0.25) is 0 Å². The predicted octanol–water partition coefficient (Wildman–Crippen LogP) is 5.22. The average Bonchev–Trinajstić information content (AvgIpc) is 3.31. The number of ether oxygens (including phenoxy) is 5. The number of hydrogen-bond acceptors (Lipinski definition) is 7. The monoisotopic (exact) mass is 519 g/mol. The van der Waals surface area contributed by atoms with E-state index < -0.39 is 24.3 Å². The standard InChI is InChI=1S/C29H29NO6S/c1-32-23-14-8-13-22-15-16-30(28(31)34-18-21-11-6-3-7-12-21)26(25(22)23)27-24(35-29(37)36-27)19-33-17-20-9-4-2-5-10-20/h2-14,24,26-27H,15-19H2,1H3/t24-,26-,27+/m0/s1. The van der Waals surface area contributed by atoms with Gasteiger partial charge in [0.15, 0.2) is 12.2 Å². The lowest BCUT2D eigenvalue weighted by atomic mass is 9.87. The molecule has 192 valence electrons. The summed E-state index contributed by atoms with van der Waals surface area (Å²) in [5.41, 5.74) is 3.92. The van der Waals surface area contributed by atoms with Crippen LogP contribution in [-0.2, 0) is 38.6 Å². The molecule has 0 aromatic heterocycles. The van der Waals surface area contributed by atoms with Crippen molar-refractivity contribution in [3.8, 4) is 5.75 Å². The van der Waals surface area contributed by atoms with E-state index in [9.17, 15) is 4.79 Å². The Balaban J connectivity index is 1.40. The third-order valence-electron chi connectivity index (χ3n) is 6.62. The summed E-state index contributed by atoms with van der Waals surface area (Å²) < 4.78 is 29.4. The first-order chi connectivity index (χ1) is 18.1. The first-order valence-electron chi connectivity index (χ1n) is 12.3. The van der Waals surface area contributed by atoms with Crippen LogP contribution in [0.15, 0.2) is 78.9 Å². The maximum atomic E-state index is 13.4. The van der Waals surface area contributed by atoms with Gasteiger partial charge in [-0.3, -0.25) is 4.90 Å². The second-order valence-electron chi connectivity index (χ2n) is 8.95. The summed E-state index contributed by atoms with van der Waals surface area (Å²) in [6, 6.07) is 24.9. The van der Waals surface area contributed by atoms with E-state index >= 15 is 0 Å². The molecule has 1 fully saturated rings. The van der Waals surface area contributed by atoms with Crippen molar-refractivity contribution >= 4 is 23.5 Å². The summed E-state index contributed by atoms with van der Waals surface area (Å²) in [7, 11) is 1.62. The van der Waals surface area contributed by atoms with Crippen LogP contribution in [0.1, 0.15) is 28.3 Å². The van der Waals surface area contributed by atoms with Crippen LogP contribution in [0.5, 0.6) is 5.75 Å². The average molecular weight is 520 g/mol. The Kier molecular flexibility index (Phi) is 7.87. The van der Waals surface area contributed by atoms with Crippen molar-refractivity contribution < 1.29 is 28.5 Å². The molecule has 8 heteroatoms. The molecule has 0 bridgehead atoms. The highest BCUT2D eigenvalue weighted by atomic mass is 32.1. The van der Waals surface area contributed by atoms with E-state index in [4.69, 9.17) is 35.9 Å². The van der Waals surface area contributed by atoms with Crippen LogP contribution in [0.2, 0.25) is 0 Å². The van der Waals surface area contributed by atoms with Crippen LogP contribution in [0.4, 0.5) is 4.79 Å². The normalized spacial score (nSPS) is 20.5. The van der Waals surface area contributed by atoms with Gasteiger partial charge in [-0.05, 0) is 29.2 Å². The summed E-state index contributed by atoms with van der Waals surface area (Å²) in [5, 5.41) is 0.0398. The van der Waals surface area contributed by atoms with Gasteiger partial charge in [-0.2, -0.15) is 0 Å². The Morgan fingerprint density at radius 3 is 2.35 bits per heavy atom. The van der Waals surface area contributed by atoms with E-state index in [1.54, 1.807) is 12.0 Å². The molecule has 2 aliphatic rings. The molecule has 1 saturated heterocycles. The molecule has 7 nitrogen and oxygen atoms in total. The quantitative estimate of drug-likeness (QED) is 0.378. The Hall–Kier alpha value is -3.62. The fourth-order valence-corrected chi connectivity index (χ4v) is 5.11. The highest BCUT2D eigenvalue weighted by Crippen LogP contribution is 2.42. The fourth-order valence-electron chi connectivity index (χ4n) is 4.87. The third-order valence-corrected chi connectivity index (χ3v) is 6.81. The summed E-state index contributed by atoms with van der Waals surface area (Å²) >= 11 is 5.30. The molecule has 3 atom stereocenters. The van der Waals surface area contributed by atoms with Crippen molar-refractivity contribution in [2.24, 2.45) is 0 Å². The highest BCUT2D eigenvalue weighted by molar-refractivity contribution is 7.79. The lowest BCUT2D eigenvalue weighted by Crippen LogP contribution is -2.49. The number of carbonyl (C=O) groups is 1. The Morgan fingerprint density at radius 1 is 0.946 bits per heavy atom. The number of hydrogen-bond donors (Lipinski definition) is 0. The molecule has 37 heavy (non-hydrogen) atoms. The first kappa shape index (κ1) is 25.0. The van der Waals surface area contributed by atoms with E-state index in [2.05, 4.69) is 0 Å². The number of carbonyl (C=O) groups excluding carboxylic acids is 1. The smallest absolute Gasteiger partial charge is 0.410 e. The van der Waals surface area contributed by atoms with Crippen LogP contribution in [0.3, 0.4) is 0 Å². The van der Waals surface area contributed by atoms with Crippen molar-refractivity contribution in [1.82, 2.24) is 4.90 Å². The molecule has 0 aliphatic carbocycles. The molecule has 0 unspecified atom stereocenters. The number of nitrogens with zero attached hydrogens (tertiary/aromatic N) is 1. The molecule has 2 aliphatic heterocycles. The fraction of sp³-hybridized carbons (Fsp3) is 0.310. The van der Waals surface area contributed by atoms with Crippen molar-refractivity contribution in [2.45, 2.75) is 37.9 Å². The van der Waals surface area contributed by atoms with Crippen molar-refractivity contribution in [2.75, 3.05) is 20.3 Å². The van der Waals surface area contributed by atoms with Crippen molar-refractivity contribution in [3.05, 3.63) is 101 Å². The number of benzene rings is 3. The zero-order valence-electron chi connectivity index (χ0n) is 20.6. The number of rotatable bonds is 8. The van der Waals surface area contributed by atoms with Gasteiger partial charge in [-0.1, -0.05) is 72.8 Å². The Bertz CT molecular complexity index is 1210. The van der Waals surface area contributed by atoms with Crippen LogP contribution >= 0.6 is 12.2 Å². The van der Waals surface area contributed by atoms with Crippen LogP contribution in [0.25, 0.3) is 0 Å². The third kappa shape index (κ3) is 5.70. The predicted molar refractivity (Wildman–Crippen MR) is 141 cm³/mol. The molecule has 0 spiro atoms. The summed E-state index contributed by atoms with van der Waals surface area (Å²) in [6.07, 6.45) is -0.878. The lowest BCUT2D eigenvalue weighted by Gasteiger charge is -2.40. The summed E-state index contributed by atoms with van der Waals surface area (Å²) in [5.74, 6) is 0.674. The van der Waals surface area contributed by atoms with Gasteiger partial charge in [0, 0.05) is 24.3 Å². The van der Waals surface area contributed by atoms with E-state index in [1.807, 2.05) is 78.9 Å². The minimum Gasteiger partial charge on any atom is -0.496 e. The van der Waals surface area contributed by atoms with Crippen molar-refractivity contribution in [1.29, 1.82) is 0 Å². The molecule has 0 saturated carbocycles. The minimum atomic E-state index is -0.595. The van der Waals surface area contributed by atoms with Crippen LogP contribution in [0, 0.1) is 0 Å². The molecule has 5 rings (SSSR count). The number of amides is 1. The first-order valence-corrected chi connectivity index (χ1v) is 12.7. The zero-order chi connectivity index (χ0) is 25.6. The highest BCUT2D eigenvalue weighted by Gasteiger charge is 2.48. The Morgan fingerprint density at radius 2 is 1.65 bits per heavy atom. The number of fused-ring (bicyclic) bond motifs is 1. The van der Waals surface area contributed by atoms with Gasteiger partial charge < -0.3 is 23.7 Å². The topological polar surface area (TPSA) is 66.5 Å².